The fraction of sp³-hybridized carbons (Fsp3) is 0.429. The van der Waals surface area contributed by atoms with E-state index in [4.69, 9.17) is 0 Å². The highest BCUT2D eigenvalue weighted by molar-refractivity contribution is 5.97. The molecule has 4 nitrogen and oxygen atoms in total. The molecule has 2 saturated heterocycles. The van der Waals surface area contributed by atoms with Crippen molar-refractivity contribution < 1.29 is 9.59 Å². The third kappa shape index (κ3) is 1.88. The average molecular weight is 244 g/mol. The molecule has 3 rings (SSSR count). The molecular weight excluding hydrogens is 228 g/mol. The van der Waals surface area contributed by atoms with E-state index in [0.717, 1.165) is 24.9 Å². The highest BCUT2D eigenvalue weighted by Crippen LogP contribution is 2.23. The Hall–Kier alpha value is -1.84. The molecule has 2 aliphatic heterocycles. The van der Waals surface area contributed by atoms with Crippen LogP contribution in [0.2, 0.25) is 0 Å². The van der Waals surface area contributed by atoms with Gasteiger partial charge in [-0.2, -0.15) is 0 Å². The second kappa shape index (κ2) is 4.44. The molecule has 2 amide bonds. The zero-order valence-electron chi connectivity index (χ0n) is 10.1. The second-order valence-corrected chi connectivity index (χ2v) is 4.94. The highest BCUT2D eigenvalue weighted by atomic mass is 16.2. The van der Waals surface area contributed by atoms with Crippen LogP contribution in [0.15, 0.2) is 30.3 Å². The number of nitrogens with one attached hydrogen (secondary N) is 1. The molecule has 0 radical (unpaired) electrons. The second-order valence-electron chi connectivity index (χ2n) is 4.94. The van der Waals surface area contributed by atoms with E-state index in [-0.39, 0.29) is 17.9 Å². The van der Waals surface area contributed by atoms with Crippen molar-refractivity contribution in [3.05, 3.63) is 35.9 Å². The van der Waals surface area contributed by atoms with Crippen molar-refractivity contribution in [2.75, 3.05) is 6.54 Å². The first kappa shape index (κ1) is 11.3. The Labute approximate surface area is 106 Å². The summed E-state index contributed by atoms with van der Waals surface area (Å²) in [6.45, 7) is 0.724. The van der Waals surface area contributed by atoms with Gasteiger partial charge in [0.2, 0.25) is 11.8 Å². The summed E-state index contributed by atoms with van der Waals surface area (Å²) in [7, 11) is 0. The molecule has 18 heavy (non-hydrogen) atoms. The third-order valence-electron chi connectivity index (χ3n) is 3.74. The molecule has 0 aromatic heterocycles. The van der Waals surface area contributed by atoms with Gasteiger partial charge in [-0.05, 0) is 18.4 Å². The van der Waals surface area contributed by atoms with Gasteiger partial charge in [0.05, 0.1) is 0 Å². The standard InChI is InChI=1S/C14H16N2O2/c17-13-12-7-4-8-16(12)14(18)11(15-13)9-10-5-2-1-3-6-10/h1-3,5-6,11-12H,4,7-9H2,(H,15,17)/t11-,12+/m1/s1. The fourth-order valence-corrected chi connectivity index (χ4v) is 2.82. The van der Waals surface area contributed by atoms with E-state index in [1.807, 2.05) is 30.3 Å². The number of hydrogen-bond donors (Lipinski definition) is 1. The molecule has 0 unspecified atom stereocenters. The van der Waals surface area contributed by atoms with Gasteiger partial charge >= 0.3 is 0 Å². The first-order valence-electron chi connectivity index (χ1n) is 6.40. The highest BCUT2D eigenvalue weighted by Gasteiger charge is 2.42. The van der Waals surface area contributed by atoms with Crippen LogP contribution in [0.3, 0.4) is 0 Å². The van der Waals surface area contributed by atoms with E-state index in [1.165, 1.54) is 0 Å². The number of fused-ring (bicyclic) bond motifs is 1. The lowest BCUT2D eigenvalue weighted by Crippen LogP contribution is -2.61. The maximum absolute atomic E-state index is 12.3. The monoisotopic (exact) mass is 244 g/mol. The minimum atomic E-state index is -0.394. The zero-order chi connectivity index (χ0) is 12.5. The van der Waals surface area contributed by atoms with Crippen molar-refractivity contribution in [3.8, 4) is 0 Å². The van der Waals surface area contributed by atoms with E-state index >= 15 is 0 Å². The van der Waals surface area contributed by atoms with Crippen LogP contribution in [-0.2, 0) is 16.0 Å². The van der Waals surface area contributed by atoms with Gasteiger partial charge < -0.3 is 10.2 Å². The summed E-state index contributed by atoms with van der Waals surface area (Å²) >= 11 is 0. The van der Waals surface area contributed by atoms with Gasteiger partial charge in [-0.15, -0.1) is 0 Å². The minimum Gasteiger partial charge on any atom is -0.342 e. The molecule has 1 aromatic carbocycles. The molecule has 4 heteroatoms. The summed E-state index contributed by atoms with van der Waals surface area (Å²) in [5.41, 5.74) is 1.08. The molecule has 2 aliphatic rings. The van der Waals surface area contributed by atoms with Crippen LogP contribution in [0, 0.1) is 0 Å². The molecule has 1 aromatic rings. The number of rotatable bonds is 2. The Morgan fingerprint density at radius 3 is 2.78 bits per heavy atom. The lowest BCUT2D eigenvalue weighted by molar-refractivity contribution is -0.146. The Balaban J connectivity index is 1.77. The summed E-state index contributed by atoms with van der Waals surface area (Å²) in [4.78, 5) is 25.9. The third-order valence-corrected chi connectivity index (χ3v) is 3.74. The number of benzene rings is 1. The SMILES string of the molecule is O=C1N[C@H](Cc2ccccc2)C(=O)N2CCC[C@@H]12. The molecule has 2 fully saturated rings. The van der Waals surface area contributed by atoms with Gasteiger partial charge in [-0.3, -0.25) is 9.59 Å². The number of carbonyl (C=O) groups is 2. The summed E-state index contributed by atoms with van der Waals surface area (Å²) < 4.78 is 0. The maximum Gasteiger partial charge on any atom is 0.246 e. The first-order chi connectivity index (χ1) is 8.75. The van der Waals surface area contributed by atoms with Crippen LogP contribution >= 0.6 is 0 Å². The normalized spacial score (nSPS) is 27.0. The summed E-state index contributed by atoms with van der Waals surface area (Å²) in [6, 6.07) is 9.19. The Kier molecular flexibility index (Phi) is 2.78. The van der Waals surface area contributed by atoms with Gasteiger partial charge in [0.15, 0.2) is 0 Å². The number of hydrogen-bond acceptors (Lipinski definition) is 2. The largest absolute Gasteiger partial charge is 0.342 e. The van der Waals surface area contributed by atoms with Crippen LogP contribution in [0.5, 0.6) is 0 Å². The fourth-order valence-electron chi connectivity index (χ4n) is 2.82. The van der Waals surface area contributed by atoms with Crippen molar-refractivity contribution in [2.45, 2.75) is 31.3 Å². The van der Waals surface area contributed by atoms with Crippen LogP contribution in [-0.4, -0.2) is 35.3 Å². The lowest BCUT2D eigenvalue weighted by Gasteiger charge is -2.34. The van der Waals surface area contributed by atoms with Crippen molar-refractivity contribution in [1.29, 1.82) is 0 Å². The number of carbonyl (C=O) groups excluding carboxylic acids is 2. The molecule has 94 valence electrons. The van der Waals surface area contributed by atoms with Gasteiger partial charge in [-0.1, -0.05) is 30.3 Å². The average Bonchev–Trinajstić information content (AvgIpc) is 2.87. The van der Waals surface area contributed by atoms with Crippen molar-refractivity contribution in [2.24, 2.45) is 0 Å². The van der Waals surface area contributed by atoms with Gasteiger partial charge in [-0.25, -0.2) is 0 Å². The van der Waals surface area contributed by atoms with Crippen LogP contribution in [0.1, 0.15) is 18.4 Å². The summed E-state index contributed by atoms with van der Waals surface area (Å²) in [5.74, 6) is 0.0778. The smallest absolute Gasteiger partial charge is 0.246 e. The number of amides is 2. The predicted molar refractivity (Wildman–Crippen MR) is 66.8 cm³/mol. The Morgan fingerprint density at radius 2 is 2.00 bits per heavy atom. The minimum absolute atomic E-state index is 0.00744. The molecule has 2 heterocycles. The van der Waals surface area contributed by atoms with Gasteiger partial charge in [0.25, 0.3) is 0 Å². The quantitative estimate of drug-likeness (QED) is 0.833. The van der Waals surface area contributed by atoms with E-state index in [9.17, 15) is 9.59 Å². The van der Waals surface area contributed by atoms with E-state index in [1.54, 1.807) is 4.90 Å². The molecule has 0 spiro atoms. The van der Waals surface area contributed by atoms with Crippen molar-refractivity contribution >= 4 is 11.8 Å². The number of nitrogens with zero attached hydrogens (tertiary/aromatic N) is 1. The van der Waals surface area contributed by atoms with Crippen LogP contribution in [0.25, 0.3) is 0 Å². The first-order valence-corrected chi connectivity index (χ1v) is 6.40. The molecule has 0 bridgehead atoms. The molecule has 2 atom stereocenters. The Bertz CT molecular complexity index is 472. The molecule has 0 aliphatic carbocycles. The summed E-state index contributed by atoms with van der Waals surface area (Å²) in [6.07, 6.45) is 2.31. The Morgan fingerprint density at radius 1 is 1.22 bits per heavy atom. The van der Waals surface area contributed by atoms with E-state index in [2.05, 4.69) is 5.32 Å². The number of piperazine rings is 1. The van der Waals surface area contributed by atoms with Gasteiger partial charge in [0.1, 0.15) is 12.1 Å². The van der Waals surface area contributed by atoms with E-state index < -0.39 is 6.04 Å². The molecule has 1 N–H and O–H groups in total. The topological polar surface area (TPSA) is 49.4 Å². The molecule has 0 saturated carbocycles. The van der Waals surface area contributed by atoms with Crippen LogP contribution in [0.4, 0.5) is 0 Å². The van der Waals surface area contributed by atoms with E-state index in [0.29, 0.717) is 6.42 Å². The maximum atomic E-state index is 12.3. The van der Waals surface area contributed by atoms with Gasteiger partial charge in [0, 0.05) is 13.0 Å². The van der Waals surface area contributed by atoms with Crippen LogP contribution < -0.4 is 5.32 Å². The predicted octanol–water partition coefficient (Wildman–Crippen LogP) is 0.718. The summed E-state index contributed by atoms with van der Waals surface area (Å²) in [5, 5.41) is 2.86. The molecular formula is C14H16N2O2. The lowest BCUT2D eigenvalue weighted by atomic mass is 10.0. The zero-order valence-corrected chi connectivity index (χ0v) is 10.1. The van der Waals surface area contributed by atoms with Crippen molar-refractivity contribution in [1.82, 2.24) is 10.2 Å². The van der Waals surface area contributed by atoms with Crippen molar-refractivity contribution in [3.63, 3.8) is 0 Å².